The van der Waals surface area contributed by atoms with Crippen LogP contribution in [0.3, 0.4) is 0 Å². The van der Waals surface area contributed by atoms with Crippen LogP contribution in [0.15, 0.2) is 12.1 Å². The number of rotatable bonds is 1. The van der Waals surface area contributed by atoms with Crippen LogP contribution in [-0.4, -0.2) is 11.5 Å². The molecule has 0 unspecified atom stereocenters. The van der Waals surface area contributed by atoms with Crippen molar-refractivity contribution in [2.45, 2.75) is 32.2 Å². The Morgan fingerprint density at radius 2 is 2.29 bits per heavy atom. The average Bonchev–Trinajstić information content (AvgIpc) is 2.19. The lowest BCUT2D eigenvalue weighted by Crippen LogP contribution is -2.27. The molecular weight excluding hydrogens is 196 g/mol. The van der Waals surface area contributed by atoms with Crippen molar-refractivity contribution in [1.82, 2.24) is 10.3 Å². The number of hydrogen-bond donors (Lipinski definition) is 1. The molecular formula is C11H15ClN2. The van der Waals surface area contributed by atoms with E-state index in [0.717, 1.165) is 17.8 Å². The first kappa shape index (κ1) is 9.94. The van der Waals surface area contributed by atoms with Crippen molar-refractivity contribution in [2.24, 2.45) is 0 Å². The lowest BCUT2D eigenvalue weighted by molar-refractivity contribution is 0.411. The fourth-order valence-electron chi connectivity index (χ4n) is 1.91. The van der Waals surface area contributed by atoms with Crippen LogP contribution >= 0.6 is 11.6 Å². The van der Waals surface area contributed by atoms with E-state index in [9.17, 15) is 0 Å². The molecule has 14 heavy (non-hydrogen) atoms. The van der Waals surface area contributed by atoms with Crippen molar-refractivity contribution in [3.05, 3.63) is 28.5 Å². The van der Waals surface area contributed by atoms with Gasteiger partial charge in [-0.1, -0.05) is 24.1 Å². The summed E-state index contributed by atoms with van der Waals surface area (Å²) in [7, 11) is 0. The molecule has 1 aromatic rings. The third-order valence-corrected chi connectivity index (χ3v) is 3.01. The van der Waals surface area contributed by atoms with Gasteiger partial charge in [0.25, 0.3) is 0 Å². The molecule has 2 heterocycles. The highest BCUT2D eigenvalue weighted by Crippen LogP contribution is 2.27. The molecule has 0 amide bonds. The average molecular weight is 211 g/mol. The Hall–Kier alpha value is -0.600. The number of pyridine rings is 1. The Morgan fingerprint density at radius 3 is 2.93 bits per heavy atom. The largest absolute Gasteiger partial charge is 0.310 e. The van der Waals surface area contributed by atoms with Gasteiger partial charge in [-0.15, -0.1) is 0 Å². The van der Waals surface area contributed by atoms with Gasteiger partial charge in [-0.2, -0.15) is 0 Å². The van der Waals surface area contributed by atoms with Gasteiger partial charge >= 0.3 is 0 Å². The standard InChI is InChI=1S/C11H15ClN2/c1-8-5-6-9(11(12)14-8)10-4-2-3-7-13-10/h5-6,10,13H,2-4,7H2,1H3/t10-/m0/s1. The van der Waals surface area contributed by atoms with Crippen LogP contribution in [0.5, 0.6) is 0 Å². The van der Waals surface area contributed by atoms with Gasteiger partial charge in [0.1, 0.15) is 5.15 Å². The Bertz CT molecular complexity index is 319. The molecule has 2 rings (SSSR count). The number of aryl methyl sites for hydroxylation is 1. The predicted molar refractivity (Wildman–Crippen MR) is 58.6 cm³/mol. The van der Waals surface area contributed by atoms with Gasteiger partial charge in [0.15, 0.2) is 0 Å². The fourth-order valence-corrected chi connectivity index (χ4v) is 2.24. The number of nitrogens with zero attached hydrogens (tertiary/aromatic N) is 1. The number of halogens is 1. The maximum Gasteiger partial charge on any atom is 0.134 e. The summed E-state index contributed by atoms with van der Waals surface area (Å²) < 4.78 is 0. The Kier molecular flexibility index (Phi) is 3.04. The molecule has 1 atom stereocenters. The van der Waals surface area contributed by atoms with E-state index in [1.807, 2.05) is 13.0 Å². The van der Waals surface area contributed by atoms with E-state index < -0.39 is 0 Å². The summed E-state index contributed by atoms with van der Waals surface area (Å²) in [6, 6.07) is 4.52. The number of aromatic nitrogens is 1. The van der Waals surface area contributed by atoms with Gasteiger partial charge in [-0.25, -0.2) is 4.98 Å². The molecule has 76 valence electrons. The van der Waals surface area contributed by atoms with Crippen LogP contribution in [-0.2, 0) is 0 Å². The number of piperidine rings is 1. The van der Waals surface area contributed by atoms with E-state index in [-0.39, 0.29) is 0 Å². The number of nitrogens with one attached hydrogen (secondary N) is 1. The van der Waals surface area contributed by atoms with Crippen LogP contribution in [0.1, 0.15) is 36.6 Å². The van der Waals surface area contributed by atoms with Crippen molar-refractivity contribution in [2.75, 3.05) is 6.54 Å². The molecule has 2 nitrogen and oxygen atoms in total. The van der Waals surface area contributed by atoms with Gasteiger partial charge in [0, 0.05) is 17.3 Å². The van der Waals surface area contributed by atoms with E-state index in [2.05, 4.69) is 16.4 Å². The van der Waals surface area contributed by atoms with Gasteiger partial charge in [-0.3, -0.25) is 0 Å². The molecule has 1 aliphatic rings. The summed E-state index contributed by atoms with van der Waals surface area (Å²) in [5.41, 5.74) is 2.13. The van der Waals surface area contributed by atoms with Crippen molar-refractivity contribution in [3.8, 4) is 0 Å². The molecule has 1 N–H and O–H groups in total. The van der Waals surface area contributed by atoms with E-state index >= 15 is 0 Å². The highest BCUT2D eigenvalue weighted by molar-refractivity contribution is 6.30. The second-order valence-corrected chi connectivity index (χ2v) is 4.19. The number of hydrogen-bond acceptors (Lipinski definition) is 2. The fraction of sp³-hybridized carbons (Fsp3) is 0.545. The van der Waals surface area contributed by atoms with Crippen molar-refractivity contribution < 1.29 is 0 Å². The SMILES string of the molecule is Cc1ccc([C@@H]2CCCCN2)c(Cl)n1. The van der Waals surface area contributed by atoms with Crippen LogP contribution in [0, 0.1) is 6.92 Å². The van der Waals surface area contributed by atoms with Crippen LogP contribution in [0.2, 0.25) is 5.15 Å². The van der Waals surface area contributed by atoms with Gasteiger partial charge in [0.2, 0.25) is 0 Å². The van der Waals surface area contributed by atoms with Crippen LogP contribution in [0.25, 0.3) is 0 Å². The third kappa shape index (κ3) is 2.07. The zero-order valence-electron chi connectivity index (χ0n) is 8.39. The summed E-state index contributed by atoms with van der Waals surface area (Å²) in [6.45, 7) is 3.05. The van der Waals surface area contributed by atoms with E-state index in [4.69, 9.17) is 11.6 Å². The summed E-state index contributed by atoms with van der Waals surface area (Å²) in [5, 5.41) is 4.13. The second-order valence-electron chi connectivity index (χ2n) is 3.84. The van der Waals surface area contributed by atoms with Gasteiger partial charge < -0.3 is 5.32 Å². The molecule has 0 aromatic carbocycles. The molecule has 1 aromatic heterocycles. The maximum absolute atomic E-state index is 6.11. The van der Waals surface area contributed by atoms with Gasteiger partial charge in [-0.05, 0) is 32.4 Å². The molecule has 1 fully saturated rings. The molecule has 0 bridgehead atoms. The Balaban J connectivity index is 2.22. The molecule has 3 heteroatoms. The monoisotopic (exact) mass is 210 g/mol. The normalized spacial score (nSPS) is 22.3. The topological polar surface area (TPSA) is 24.9 Å². The minimum absolute atomic E-state index is 0.407. The molecule has 0 radical (unpaired) electrons. The first-order valence-corrected chi connectivity index (χ1v) is 5.51. The minimum atomic E-state index is 0.407. The molecule has 0 saturated carbocycles. The lowest BCUT2D eigenvalue weighted by atomic mass is 9.99. The lowest BCUT2D eigenvalue weighted by Gasteiger charge is -2.24. The molecule has 1 aliphatic heterocycles. The van der Waals surface area contributed by atoms with Crippen molar-refractivity contribution in [1.29, 1.82) is 0 Å². The molecule has 1 saturated heterocycles. The quantitative estimate of drug-likeness (QED) is 0.722. The highest BCUT2D eigenvalue weighted by Gasteiger charge is 2.17. The summed E-state index contributed by atoms with van der Waals surface area (Å²) in [5.74, 6) is 0. The maximum atomic E-state index is 6.11. The van der Waals surface area contributed by atoms with Crippen LogP contribution < -0.4 is 5.32 Å². The predicted octanol–water partition coefficient (Wildman–Crippen LogP) is 2.86. The first-order chi connectivity index (χ1) is 6.77. The summed E-state index contributed by atoms with van der Waals surface area (Å²) in [4.78, 5) is 4.27. The van der Waals surface area contributed by atoms with Gasteiger partial charge in [0.05, 0.1) is 0 Å². The zero-order valence-corrected chi connectivity index (χ0v) is 9.14. The van der Waals surface area contributed by atoms with E-state index in [1.165, 1.54) is 19.3 Å². The van der Waals surface area contributed by atoms with Crippen molar-refractivity contribution in [3.63, 3.8) is 0 Å². The smallest absolute Gasteiger partial charge is 0.134 e. The van der Waals surface area contributed by atoms with E-state index in [1.54, 1.807) is 0 Å². The highest BCUT2D eigenvalue weighted by atomic mass is 35.5. The minimum Gasteiger partial charge on any atom is -0.310 e. The van der Waals surface area contributed by atoms with Crippen molar-refractivity contribution >= 4 is 11.6 Å². The first-order valence-electron chi connectivity index (χ1n) is 5.14. The van der Waals surface area contributed by atoms with Crippen LogP contribution in [0.4, 0.5) is 0 Å². The Morgan fingerprint density at radius 1 is 1.43 bits per heavy atom. The third-order valence-electron chi connectivity index (χ3n) is 2.70. The second kappa shape index (κ2) is 4.28. The molecule has 0 aliphatic carbocycles. The summed E-state index contributed by atoms with van der Waals surface area (Å²) >= 11 is 6.11. The Labute approximate surface area is 89.7 Å². The summed E-state index contributed by atoms with van der Waals surface area (Å²) in [6.07, 6.45) is 3.72. The molecule has 0 spiro atoms. The zero-order chi connectivity index (χ0) is 9.97. The van der Waals surface area contributed by atoms with E-state index in [0.29, 0.717) is 11.2 Å².